The Hall–Kier alpha value is -1.91. The highest BCUT2D eigenvalue weighted by Gasteiger charge is 2.26. The van der Waals surface area contributed by atoms with E-state index in [9.17, 15) is 14.4 Å². The Bertz CT molecular complexity index is 513. The van der Waals surface area contributed by atoms with E-state index in [1.54, 1.807) is 4.57 Å². The molecule has 0 saturated carbocycles. The zero-order valence-corrected chi connectivity index (χ0v) is 9.52. The third-order valence-corrected chi connectivity index (χ3v) is 3.04. The highest BCUT2D eigenvalue weighted by Crippen LogP contribution is 2.24. The van der Waals surface area contributed by atoms with Crippen molar-refractivity contribution in [1.82, 2.24) is 4.57 Å². The second kappa shape index (κ2) is 4.16. The molecule has 90 valence electrons. The van der Waals surface area contributed by atoms with Gasteiger partial charge in [0.25, 0.3) is 0 Å². The van der Waals surface area contributed by atoms with Crippen LogP contribution in [0.4, 0.5) is 0 Å². The first-order valence-electron chi connectivity index (χ1n) is 5.53. The molecule has 0 atom stereocenters. The molecule has 0 aliphatic carbocycles. The van der Waals surface area contributed by atoms with E-state index in [4.69, 9.17) is 5.11 Å². The van der Waals surface area contributed by atoms with E-state index in [0.29, 0.717) is 18.7 Å². The summed E-state index contributed by atoms with van der Waals surface area (Å²) in [5.74, 6) is -2.22. The zero-order chi connectivity index (χ0) is 12.6. The number of carbonyl (C=O) groups is 3. The second-order valence-electron chi connectivity index (χ2n) is 4.19. The molecular formula is C12H13NO4. The van der Waals surface area contributed by atoms with Gasteiger partial charge in [-0.1, -0.05) is 0 Å². The molecule has 1 aromatic rings. The lowest BCUT2D eigenvalue weighted by Gasteiger charge is -2.17. The maximum Gasteiger partial charge on any atom is 0.337 e. The number of aromatic nitrogens is 1. The molecule has 0 radical (unpaired) electrons. The molecule has 0 aromatic carbocycles. The number of rotatable bonds is 3. The van der Waals surface area contributed by atoms with Gasteiger partial charge in [-0.3, -0.25) is 9.59 Å². The van der Waals surface area contributed by atoms with Crippen molar-refractivity contribution in [1.29, 1.82) is 0 Å². The fourth-order valence-corrected chi connectivity index (χ4v) is 2.23. The molecule has 1 aliphatic rings. The Labute approximate surface area is 98.0 Å². The highest BCUT2D eigenvalue weighted by atomic mass is 16.4. The summed E-state index contributed by atoms with van der Waals surface area (Å²) in [6.07, 6.45) is 2.46. The molecule has 17 heavy (non-hydrogen) atoms. The minimum Gasteiger partial charge on any atom is -0.478 e. The van der Waals surface area contributed by atoms with Crippen molar-refractivity contribution in [3.63, 3.8) is 0 Å². The van der Waals surface area contributed by atoms with Crippen molar-refractivity contribution in [3.05, 3.63) is 23.0 Å². The summed E-state index contributed by atoms with van der Waals surface area (Å²) >= 11 is 0. The van der Waals surface area contributed by atoms with Crippen molar-refractivity contribution >= 4 is 17.5 Å². The Morgan fingerprint density at radius 2 is 2.00 bits per heavy atom. The first kappa shape index (κ1) is 11.6. The van der Waals surface area contributed by atoms with Crippen LogP contribution >= 0.6 is 0 Å². The number of ketones is 2. The maximum absolute atomic E-state index is 11.7. The highest BCUT2D eigenvalue weighted by molar-refractivity contribution is 6.42. The Morgan fingerprint density at radius 1 is 1.29 bits per heavy atom. The molecule has 0 unspecified atom stereocenters. The summed E-state index contributed by atoms with van der Waals surface area (Å²) in [5.41, 5.74) is 1.02. The lowest BCUT2D eigenvalue weighted by molar-refractivity contribution is -0.113. The minimum atomic E-state index is -1.04. The van der Waals surface area contributed by atoms with Crippen LogP contribution in [0.5, 0.6) is 0 Å². The Balaban J connectivity index is 2.57. The van der Waals surface area contributed by atoms with E-state index in [-0.39, 0.29) is 11.3 Å². The average Bonchev–Trinajstić information content (AvgIpc) is 2.67. The van der Waals surface area contributed by atoms with Crippen LogP contribution in [0.15, 0.2) is 6.07 Å². The SMILES string of the molecule is CC(=O)C(=O)c1cc(C(=O)O)c2n1CCCC2. The van der Waals surface area contributed by atoms with Crippen LogP contribution in [0.1, 0.15) is 46.3 Å². The van der Waals surface area contributed by atoms with E-state index >= 15 is 0 Å². The standard InChI is InChI=1S/C12H13NO4/c1-7(14)11(15)10-6-8(12(16)17)9-4-2-3-5-13(9)10/h6H,2-5H2,1H3,(H,16,17). The van der Waals surface area contributed by atoms with E-state index in [0.717, 1.165) is 12.8 Å². The van der Waals surface area contributed by atoms with Gasteiger partial charge in [0.05, 0.1) is 11.3 Å². The van der Waals surface area contributed by atoms with Crippen LogP contribution in [0.3, 0.4) is 0 Å². The number of hydrogen-bond acceptors (Lipinski definition) is 3. The molecule has 0 spiro atoms. The summed E-state index contributed by atoms with van der Waals surface area (Å²) in [6.45, 7) is 1.81. The van der Waals surface area contributed by atoms with Crippen molar-refractivity contribution in [2.24, 2.45) is 0 Å². The van der Waals surface area contributed by atoms with Gasteiger partial charge in [-0.25, -0.2) is 4.79 Å². The molecule has 1 aromatic heterocycles. The van der Waals surface area contributed by atoms with Crippen molar-refractivity contribution in [3.8, 4) is 0 Å². The normalized spacial score (nSPS) is 14.2. The van der Waals surface area contributed by atoms with Gasteiger partial charge in [0.1, 0.15) is 0 Å². The van der Waals surface area contributed by atoms with Crippen LogP contribution in [0.2, 0.25) is 0 Å². The van der Waals surface area contributed by atoms with Crippen LogP contribution in [-0.4, -0.2) is 27.2 Å². The largest absolute Gasteiger partial charge is 0.478 e. The predicted molar refractivity (Wildman–Crippen MR) is 59.3 cm³/mol. The summed E-state index contributed by atoms with van der Waals surface area (Å²) in [4.78, 5) is 33.9. The van der Waals surface area contributed by atoms with Crippen LogP contribution in [-0.2, 0) is 17.8 Å². The molecule has 5 heteroatoms. The van der Waals surface area contributed by atoms with Gasteiger partial charge in [0.15, 0.2) is 0 Å². The van der Waals surface area contributed by atoms with Gasteiger partial charge in [-0.05, 0) is 25.3 Å². The van der Waals surface area contributed by atoms with Crippen LogP contribution < -0.4 is 0 Å². The van der Waals surface area contributed by atoms with Crippen molar-refractivity contribution in [2.45, 2.75) is 32.7 Å². The van der Waals surface area contributed by atoms with Crippen LogP contribution in [0.25, 0.3) is 0 Å². The monoisotopic (exact) mass is 235 g/mol. The second-order valence-corrected chi connectivity index (χ2v) is 4.19. The molecule has 5 nitrogen and oxygen atoms in total. The molecule has 1 N–H and O–H groups in total. The zero-order valence-electron chi connectivity index (χ0n) is 9.52. The number of Topliss-reactive ketones (excluding diaryl/α,β-unsaturated/α-hetero) is 2. The van der Waals surface area contributed by atoms with Gasteiger partial charge in [-0.2, -0.15) is 0 Å². The summed E-state index contributed by atoms with van der Waals surface area (Å²) in [6, 6.07) is 1.33. The number of nitrogens with zero attached hydrogens (tertiary/aromatic N) is 1. The molecule has 1 aliphatic heterocycles. The molecule has 0 saturated heterocycles. The number of hydrogen-bond donors (Lipinski definition) is 1. The number of fused-ring (bicyclic) bond motifs is 1. The van der Waals surface area contributed by atoms with Gasteiger partial charge >= 0.3 is 5.97 Å². The molecule has 0 bridgehead atoms. The van der Waals surface area contributed by atoms with Gasteiger partial charge in [-0.15, -0.1) is 0 Å². The number of aromatic carboxylic acids is 1. The van der Waals surface area contributed by atoms with E-state index in [1.165, 1.54) is 13.0 Å². The number of carbonyl (C=O) groups excluding carboxylic acids is 2. The molecular weight excluding hydrogens is 222 g/mol. The Kier molecular flexibility index (Phi) is 2.83. The topological polar surface area (TPSA) is 76.4 Å². The maximum atomic E-state index is 11.7. The summed E-state index contributed by atoms with van der Waals surface area (Å²) in [7, 11) is 0. The van der Waals surface area contributed by atoms with Gasteiger partial charge < -0.3 is 9.67 Å². The third-order valence-electron chi connectivity index (χ3n) is 3.04. The smallest absolute Gasteiger partial charge is 0.337 e. The fraction of sp³-hybridized carbons (Fsp3) is 0.417. The minimum absolute atomic E-state index is 0.148. The number of carboxylic acid groups (broad SMARTS) is 1. The molecule has 0 fully saturated rings. The van der Waals surface area contributed by atoms with Crippen molar-refractivity contribution in [2.75, 3.05) is 0 Å². The third kappa shape index (κ3) is 1.88. The average molecular weight is 235 g/mol. The van der Waals surface area contributed by atoms with E-state index in [2.05, 4.69) is 0 Å². The first-order chi connectivity index (χ1) is 8.02. The predicted octanol–water partition coefficient (Wildman–Crippen LogP) is 1.29. The van der Waals surface area contributed by atoms with Crippen molar-refractivity contribution < 1.29 is 19.5 Å². The quantitative estimate of drug-likeness (QED) is 0.632. The lowest BCUT2D eigenvalue weighted by atomic mass is 10.1. The summed E-state index contributed by atoms with van der Waals surface area (Å²) in [5, 5.41) is 9.06. The molecule has 2 rings (SSSR count). The molecule has 2 heterocycles. The first-order valence-corrected chi connectivity index (χ1v) is 5.53. The fourth-order valence-electron chi connectivity index (χ4n) is 2.23. The Morgan fingerprint density at radius 3 is 2.59 bits per heavy atom. The van der Waals surface area contributed by atoms with Gasteiger partial charge in [0, 0.05) is 19.2 Å². The van der Waals surface area contributed by atoms with E-state index < -0.39 is 17.5 Å². The number of carboxylic acids is 1. The van der Waals surface area contributed by atoms with E-state index in [1.807, 2.05) is 0 Å². The lowest BCUT2D eigenvalue weighted by Crippen LogP contribution is -2.19. The van der Waals surface area contributed by atoms with Gasteiger partial charge in [0.2, 0.25) is 11.6 Å². The summed E-state index contributed by atoms with van der Waals surface area (Å²) < 4.78 is 1.68. The molecule has 0 amide bonds. The van der Waals surface area contributed by atoms with Crippen LogP contribution in [0, 0.1) is 0 Å².